The van der Waals surface area contributed by atoms with E-state index in [0.29, 0.717) is 0 Å². The summed E-state index contributed by atoms with van der Waals surface area (Å²) in [6.07, 6.45) is 0. The van der Waals surface area contributed by atoms with Crippen molar-refractivity contribution in [2.24, 2.45) is 0 Å². The molecule has 0 amide bonds. The van der Waals surface area contributed by atoms with Crippen molar-refractivity contribution in [1.29, 1.82) is 0 Å². The van der Waals surface area contributed by atoms with Crippen LogP contribution < -0.4 is 0 Å². The molecule has 2 rings (SSSR count). The van der Waals surface area contributed by atoms with E-state index in [0.717, 1.165) is 5.92 Å². The summed E-state index contributed by atoms with van der Waals surface area (Å²) in [5.41, 5.74) is 3.10. The van der Waals surface area contributed by atoms with Crippen LogP contribution in [0.1, 0.15) is 24.0 Å². The molecular weight excluding hydrogens is 152 g/mol. The van der Waals surface area contributed by atoms with Crippen molar-refractivity contribution in [1.82, 2.24) is 0 Å². The number of hydrogen-bond acceptors (Lipinski definition) is 1. The van der Waals surface area contributed by atoms with E-state index in [-0.39, 0.29) is 0 Å². The minimum absolute atomic E-state index is 0.755. The summed E-state index contributed by atoms with van der Waals surface area (Å²) in [6.45, 7) is 2.31. The predicted molar refractivity (Wildman–Crippen MR) is 51.0 cm³/mol. The average Bonchev–Trinajstić information content (AvgIpc) is 2.06. The highest BCUT2D eigenvalue weighted by molar-refractivity contribution is 7.98. The molecular formula is C10H12S. The Hall–Kier alpha value is -0.430. The lowest BCUT2D eigenvalue weighted by atomic mass is 9.98. The molecule has 1 aliphatic heterocycles. The maximum atomic E-state index is 2.31. The Labute approximate surface area is 72.0 Å². The molecule has 1 aromatic carbocycles. The van der Waals surface area contributed by atoms with Crippen molar-refractivity contribution in [2.45, 2.75) is 18.6 Å². The lowest BCUT2D eigenvalue weighted by Gasteiger charge is -2.21. The van der Waals surface area contributed by atoms with Gasteiger partial charge in [-0.2, -0.15) is 11.8 Å². The zero-order valence-electron chi connectivity index (χ0n) is 6.71. The number of thioether (sulfide) groups is 1. The van der Waals surface area contributed by atoms with E-state index in [2.05, 4.69) is 31.2 Å². The first-order chi connectivity index (χ1) is 5.38. The van der Waals surface area contributed by atoms with Gasteiger partial charge in [-0.15, -0.1) is 0 Å². The first-order valence-corrected chi connectivity index (χ1v) is 5.19. The van der Waals surface area contributed by atoms with Gasteiger partial charge in [0.25, 0.3) is 0 Å². The van der Waals surface area contributed by atoms with Crippen LogP contribution in [-0.2, 0) is 5.75 Å². The Bertz CT molecular complexity index is 255. The van der Waals surface area contributed by atoms with Gasteiger partial charge in [0.15, 0.2) is 0 Å². The van der Waals surface area contributed by atoms with Gasteiger partial charge < -0.3 is 0 Å². The van der Waals surface area contributed by atoms with Crippen LogP contribution >= 0.6 is 11.8 Å². The second-order valence-corrected chi connectivity index (χ2v) is 4.15. The van der Waals surface area contributed by atoms with Crippen molar-refractivity contribution in [3.8, 4) is 0 Å². The first-order valence-electron chi connectivity index (χ1n) is 4.03. The molecule has 0 radical (unpaired) electrons. The van der Waals surface area contributed by atoms with Crippen LogP contribution in [-0.4, -0.2) is 5.75 Å². The molecule has 11 heavy (non-hydrogen) atoms. The highest BCUT2D eigenvalue weighted by atomic mass is 32.2. The number of rotatable bonds is 0. The molecule has 0 aliphatic carbocycles. The predicted octanol–water partition coefficient (Wildman–Crippen LogP) is 3.04. The molecule has 1 heteroatoms. The van der Waals surface area contributed by atoms with Crippen LogP contribution in [0.2, 0.25) is 0 Å². The fraction of sp³-hybridized carbons (Fsp3) is 0.400. The smallest absolute Gasteiger partial charge is 0.0187 e. The van der Waals surface area contributed by atoms with Crippen LogP contribution in [0, 0.1) is 0 Å². The second kappa shape index (κ2) is 2.90. The summed E-state index contributed by atoms with van der Waals surface area (Å²) in [5.74, 6) is 3.25. The molecule has 0 fully saturated rings. The largest absolute Gasteiger partial charge is 0.157 e. The Balaban J connectivity index is 2.44. The Kier molecular flexibility index (Phi) is 1.91. The molecule has 58 valence electrons. The zero-order chi connectivity index (χ0) is 7.68. The van der Waals surface area contributed by atoms with E-state index >= 15 is 0 Å². The minimum atomic E-state index is 0.755. The van der Waals surface area contributed by atoms with E-state index in [1.54, 1.807) is 5.56 Å². The van der Waals surface area contributed by atoms with Crippen molar-refractivity contribution in [3.05, 3.63) is 35.4 Å². The molecule has 0 saturated carbocycles. The highest BCUT2D eigenvalue weighted by Gasteiger charge is 2.14. The Morgan fingerprint density at radius 1 is 1.36 bits per heavy atom. The van der Waals surface area contributed by atoms with E-state index in [9.17, 15) is 0 Å². The molecule has 0 N–H and O–H groups in total. The molecule has 1 atom stereocenters. The molecule has 0 aromatic heterocycles. The quantitative estimate of drug-likeness (QED) is 0.568. The standard InChI is InChI=1S/C10H12S/c1-8-6-11-7-9-4-2-3-5-10(8)9/h2-5,8H,6-7H2,1H3/t8-/m0/s1. The van der Waals surface area contributed by atoms with Gasteiger partial charge in [0.2, 0.25) is 0 Å². The third-order valence-electron chi connectivity index (χ3n) is 2.21. The number of benzene rings is 1. The van der Waals surface area contributed by atoms with Crippen LogP contribution in [0.25, 0.3) is 0 Å². The van der Waals surface area contributed by atoms with Crippen molar-refractivity contribution >= 4 is 11.8 Å². The average molecular weight is 164 g/mol. The fourth-order valence-electron chi connectivity index (χ4n) is 1.58. The van der Waals surface area contributed by atoms with Crippen LogP contribution in [0.15, 0.2) is 24.3 Å². The van der Waals surface area contributed by atoms with Crippen molar-refractivity contribution in [2.75, 3.05) is 5.75 Å². The fourth-order valence-corrected chi connectivity index (χ4v) is 2.72. The SMILES string of the molecule is C[C@H]1CSCc2ccccc21. The monoisotopic (exact) mass is 164 g/mol. The van der Waals surface area contributed by atoms with Crippen LogP contribution in [0.3, 0.4) is 0 Å². The normalized spacial score (nSPS) is 22.8. The highest BCUT2D eigenvalue weighted by Crippen LogP contribution is 2.32. The van der Waals surface area contributed by atoms with Gasteiger partial charge in [0, 0.05) is 11.5 Å². The van der Waals surface area contributed by atoms with Crippen molar-refractivity contribution in [3.63, 3.8) is 0 Å². The van der Waals surface area contributed by atoms with E-state index < -0.39 is 0 Å². The van der Waals surface area contributed by atoms with E-state index in [4.69, 9.17) is 0 Å². The molecule has 0 unspecified atom stereocenters. The Morgan fingerprint density at radius 3 is 3.00 bits per heavy atom. The summed E-state index contributed by atoms with van der Waals surface area (Å²) < 4.78 is 0. The molecule has 0 saturated heterocycles. The minimum Gasteiger partial charge on any atom is -0.157 e. The lowest BCUT2D eigenvalue weighted by molar-refractivity contribution is 0.854. The number of fused-ring (bicyclic) bond motifs is 1. The third-order valence-corrected chi connectivity index (χ3v) is 3.46. The lowest BCUT2D eigenvalue weighted by Crippen LogP contribution is -2.06. The molecule has 1 aliphatic rings. The van der Waals surface area contributed by atoms with Crippen LogP contribution in [0.4, 0.5) is 0 Å². The molecule has 1 heterocycles. The van der Waals surface area contributed by atoms with Gasteiger partial charge in [-0.25, -0.2) is 0 Å². The van der Waals surface area contributed by atoms with Gasteiger partial charge in [-0.3, -0.25) is 0 Å². The topological polar surface area (TPSA) is 0 Å². The summed E-state index contributed by atoms with van der Waals surface area (Å²) >= 11 is 2.05. The maximum Gasteiger partial charge on any atom is 0.0187 e. The third kappa shape index (κ3) is 1.30. The summed E-state index contributed by atoms with van der Waals surface area (Å²) in [6, 6.07) is 8.79. The van der Waals surface area contributed by atoms with Crippen LogP contribution in [0.5, 0.6) is 0 Å². The Morgan fingerprint density at radius 2 is 2.18 bits per heavy atom. The van der Waals surface area contributed by atoms with E-state index in [1.165, 1.54) is 17.1 Å². The van der Waals surface area contributed by atoms with Gasteiger partial charge in [0.1, 0.15) is 0 Å². The molecule has 0 nitrogen and oxygen atoms in total. The van der Waals surface area contributed by atoms with E-state index in [1.807, 2.05) is 11.8 Å². The summed E-state index contributed by atoms with van der Waals surface area (Å²) in [7, 11) is 0. The molecule has 1 aromatic rings. The van der Waals surface area contributed by atoms with Crippen molar-refractivity contribution < 1.29 is 0 Å². The van der Waals surface area contributed by atoms with Gasteiger partial charge in [-0.1, -0.05) is 31.2 Å². The summed E-state index contributed by atoms with van der Waals surface area (Å²) in [5, 5.41) is 0. The van der Waals surface area contributed by atoms with Gasteiger partial charge >= 0.3 is 0 Å². The maximum absolute atomic E-state index is 2.31. The first kappa shape index (κ1) is 7.23. The molecule has 0 bridgehead atoms. The zero-order valence-corrected chi connectivity index (χ0v) is 7.53. The second-order valence-electron chi connectivity index (χ2n) is 3.11. The summed E-state index contributed by atoms with van der Waals surface area (Å²) in [4.78, 5) is 0. The molecule has 0 spiro atoms. The number of hydrogen-bond donors (Lipinski definition) is 0. The van der Waals surface area contributed by atoms with Gasteiger partial charge in [0.05, 0.1) is 0 Å². The van der Waals surface area contributed by atoms with Gasteiger partial charge in [-0.05, 0) is 17.0 Å².